The van der Waals surface area contributed by atoms with E-state index >= 15 is 0 Å². The van der Waals surface area contributed by atoms with Gasteiger partial charge in [0.25, 0.3) is 0 Å². The first-order valence-corrected chi connectivity index (χ1v) is 5.89. The van der Waals surface area contributed by atoms with E-state index in [9.17, 15) is 4.79 Å². The number of carbonyl (C=O) groups is 1. The first-order valence-electron chi connectivity index (χ1n) is 5.89. The molecule has 1 atom stereocenters. The van der Waals surface area contributed by atoms with Gasteiger partial charge in [-0.25, -0.2) is 0 Å². The Morgan fingerprint density at radius 1 is 1.33 bits per heavy atom. The van der Waals surface area contributed by atoms with E-state index in [-0.39, 0.29) is 5.91 Å². The maximum Gasteiger partial charge on any atom is 0.233 e. The SMILES string of the molecule is CNC(=O)CNCC(C)N1CCCCC1. The standard InChI is InChI=1S/C11H23N3O/c1-10(8-13-9-11(15)12-2)14-6-4-3-5-7-14/h10,13H,3-9H2,1-2H3,(H,12,15). The number of carbonyl (C=O) groups excluding carboxylic acids is 1. The molecule has 0 bridgehead atoms. The van der Waals surface area contributed by atoms with E-state index in [1.165, 1.54) is 32.4 Å². The average molecular weight is 213 g/mol. The fraction of sp³-hybridized carbons (Fsp3) is 0.909. The van der Waals surface area contributed by atoms with Crippen molar-refractivity contribution in [1.29, 1.82) is 0 Å². The second-order valence-corrected chi connectivity index (χ2v) is 4.25. The second kappa shape index (κ2) is 6.80. The summed E-state index contributed by atoms with van der Waals surface area (Å²) in [7, 11) is 1.66. The number of nitrogens with zero attached hydrogens (tertiary/aromatic N) is 1. The van der Waals surface area contributed by atoms with Gasteiger partial charge in [0.05, 0.1) is 6.54 Å². The van der Waals surface area contributed by atoms with Crippen molar-refractivity contribution < 1.29 is 4.79 Å². The number of rotatable bonds is 5. The quantitative estimate of drug-likeness (QED) is 0.685. The summed E-state index contributed by atoms with van der Waals surface area (Å²) >= 11 is 0. The molecule has 4 nitrogen and oxygen atoms in total. The Morgan fingerprint density at radius 2 is 2.00 bits per heavy atom. The van der Waals surface area contributed by atoms with Crippen LogP contribution in [0, 0.1) is 0 Å². The molecule has 1 rings (SSSR count). The molecule has 88 valence electrons. The van der Waals surface area contributed by atoms with Crippen LogP contribution < -0.4 is 10.6 Å². The molecule has 1 aliphatic heterocycles. The monoisotopic (exact) mass is 213 g/mol. The molecule has 1 aliphatic rings. The Hall–Kier alpha value is -0.610. The maximum absolute atomic E-state index is 11.0. The van der Waals surface area contributed by atoms with Gasteiger partial charge in [0.1, 0.15) is 0 Å². The van der Waals surface area contributed by atoms with Crippen molar-refractivity contribution in [1.82, 2.24) is 15.5 Å². The highest BCUT2D eigenvalue weighted by molar-refractivity contribution is 5.77. The lowest BCUT2D eigenvalue weighted by atomic mass is 10.1. The molecule has 1 saturated heterocycles. The van der Waals surface area contributed by atoms with Gasteiger partial charge < -0.3 is 10.6 Å². The van der Waals surface area contributed by atoms with Gasteiger partial charge >= 0.3 is 0 Å². The zero-order valence-corrected chi connectivity index (χ0v) is 9.88. The molecule has 2 N–H and O–H groups in total. The van der Waals surface area contributed by atoms with E-state index in [0.29, 0.717) is 12.6 Å². The van der Waals surface area contributed by atoms with E-state index in [1.807, 2.05) is 0 Å². The molecule has 0 radical (unpaired) electrons. The third kappa shape index (κ3) is 4.62. The van der Waals surface area contributed by atoms with Crippen molar-refractivity contribution in [3.63, 3.8) is 0 Å². The summed E-state index contributed by atoms with van der Waals surface area (Å²) in [6.07, 6.45) is 4.01. The second-order valence-electron chi connectivity index (χ2n) is 4.25. The van der Waals surface area contributed by atoms with E-state index < -0.39 is 0 Å². The van der Waals surface area contributed by atoms with Gasteiger partial charge in [-0.05, 0) is 32.9 Å². The number of piperidine rings is 1. The summed E-state index contributed by atoms with van der Waals surface area (Å²) in [6, 6.07) is 0.537. The maximum atomic E-state index is 11.0. The van der Waals surface area contributed by atoms with Crippen LogP contribution in [0.4, 0.5) is 0 Å². The third-order valence-corrected chi connectivity index (χ3v) is 3.02. The minimum atomic E-state index is 0.0563. The Labute approximate surface area is 92.4 Å². The van der Waals surface area contributed by atoms with Crippen molar-refractivity contribution in [2.45, 2.75) is 32.2 Å². The highest BCUT2D eigenvalue weighted by Crippen LogP contribution is 2.11. The Kier molecular flexibility index (Phi) is 5.65. The average Bonchev–Trinajstić information content (AvgIpc) is 2.29. The highest BCUT2D eigenvalue weighted by Gasteiger charge is 2.15. The van der Waals surface area contributed by atoms with Crippen LogP contribution in [-0.2, 0) is 4.79 Å². The molecule has 0 saturated carbocycles. The van der Waals surface area contributed by atoms with Gasteiger partial charge in [0, 0.05) is 19.6 Å². The Bertz CT molecular complexity index is 190. The highest BCUT2D eigenvalue weighted by atomic mass is 16.1. The van der Waals surface area contributed by atoms with Crippen LogP contribution in [0.1, 0.15) is 26.2 Å². The van der Waals surface area contributed by atoms with Crippen LogP contribution in [0.15, 0.2) is 0 Å². The number of likely N-dealkylation sites (tertiary alicyclic amines) is 1. The van der Waals surface area contributed by atoms with Crippen LogP contribution in [0.5, 0.6) is 0 Å². The summed E-state index contributed by atoms with van der Waals surface area (Å²) in [6.45, 7) is 5.97. The molecular formula is C11H23N3O. The van der Waals surface area contributed by atoms with E-state index in [4.69, 9.17) is 0 Å². The van der Waals surface area contributed by atoms with Gasteiger partial charge in [-0.15, -0.1) is 0 Å². The summed E-state index contributed by atoms with van der Waals surface area (Å²) in [5.41, 5.74) is 0. The minimum absolute atomic E-state index is 0.0563. The van der Waals surface area contributed by atoms with E-state index in [2.05, 4.69) is 22.5 Å². The molecule has 0 aromatic carbocycles. The summed E-state index contributed by atoms with van der Waals surface area (Å²) in [5.74, 6) is 0.0563. The molecule has 0 spiro atoms. The summed E-state index contributed by atoms with van der Waals surface area (Å²) in [5, 5.41) is 5.78. The van der Waals surface area contributed by atoms with Gasteiger partial charge in [-0.2, -0.15) is 0 Å². The number of hydrogen-bond acceptors (Lipinski definition) is 3. The zero-order chi connectivity index (χ0) is 11.1. The van der Waals surface area contributed by atoms with Crippen LogP contribution in [0.3, 0.4) is 0 Å². The first-order chi connectivity index (χ1) is 7.24. The van der Waals surface area contributed by atoms with Crippen molar-refractivity contribution in [3.05, 3.63) is 0 Å². The summed E-state index contributed by atoms with van der Waals surface area (Å²) in [4.78, 5) is 13.5. The molecule has 15 heavy (non-hydrogen) atoms. The number of nitrogens with one attached hydrogen (secondary N) is 2. The van der Waals surface area contributed by atoms with Crippen molar-refractivity contribution in [2.24, 2.45) is 0 Å². The van der Waals surface area contributed by atoms with Gasteiger partial charge in [-0.3, -0.25) is 9.69 Å². The fourth-order valence-electron chi connectivity index (χ4n) is 1.97. The minimum Gasteiger partial charge on any atom is -0.358 e. The number of likely N-dealkylation sites (N-methyl/N-ethyl adjacent to an activating group) is 1. The van der Waals surface area contributed by atoms with Crippen molar-refractivity contribution >= 4 is 5.91 Å². The lowest BCUT2D eigenvalue weighted by Crippen LogP contribution is -2.44. The number of amides is 1. The largest absolute Gasteiger partial charge is 0.358 e. The fourth-order valence-corrected chi connectivity index (χ4v) is 1.97. The molecule has 1 unspecified atom stereocenters. The zero-order valence-electron chi connectivity index (χ0n) is 9.88. The molecule has 0 aromatic rings. The molecule has 1 heterocycles. The van der Waals surface area contributed by atoms with E-state index in [0.717, 1.165) is 6.54 Å². The normalized spacial score (nSPS) is 19.9. The van der Waals surface area contributed by atoms with Crippen LogP contribution in [0.25, 0.3) is 0 Å². The van der Waals surface area contributed by atoms with Crippen molar-refractivity contribution in [3.8, 4) is 0 Å². The molecule has 1 fully saturated rings. The smallest absolute Gasteiger partial charge is 0.233 e. The predicted molar refractivity (Wildman–Crippen MR) is 61.8 cm³/mol. The molecule has 0 aliphatic carbocycles. The predicted octanol–water partition coefficient (Wildman–Crippen LogP) is 0.196. The Balaban J connectivity index is 2.11. The first kappa shape index (κ1) is 12.5. The van der Waals surface area contributed by atoms with E-state index in [1.54, 1.807) is 7.05 Å². The lowest BCUT2D eigenvalue weighted by molar-refractivity contribution is -0.119. The Morgan fingerprint density at radius 3 is 2.60 bits per heavy atom. The lowest BCUT2D eigenvalue weighted by Gasteiger charge is -2.32. The van der Waals surface area contributed by atoms with Gasteiger partial charge in [0.15, 0.2) is 0 Å². The molecule has 1 amide bonds. The van der Waals surface area contributed by atoms with Crippen LogP contribution >= 0.6 is 0 Å². The third-order valence-electron chi connectivity index (χ3n) is 3.02. The summed E-state index contributed by atoms with van der Waals surface area (Å²) < 4.78 is 0. The molecule has 4 heteroatoms. The van der Waals surface area contributed by atoms with Gasteiger partial charge in [-0.1, -0.05) is 6.42 Å². The van der Waals surface area contributed by atoms with Crippen LogP contribution in [0.2, 0.25) is 0 Å². The van der Waals surface area contributed by atoms with Gasteiger partial charge in [0.2, 0.25) is 5.91 Å². The van der Waals surface area contributed by atoms with Crippen LogP contribution in [-0.4, -0.2) is 50.1 Å². The topological polar surface area (TPSA) is 44.4 Å². The molecule has 0 aromatic heterocycles. The molecular weight excluding hydrogens is 190 g/mol. The van der Waals surface area contributed by atoms with Crippen molar-refractivity contribution in [2.75, 3.05) is 33.2 Å². The number of hydrogen-bond donors (Lipinski definition) is 2.